The molecule has 0 bridgehead atoms. The zero-order valence-corrected chi connectivity index (χ0v) is 18.6. The Balaban J connectivity index is 2.28. The predicted molar refractivity (Wildman–Crippen MR) is 122 cm³/mol. The Morgan fingerprint density at radius 2 is 0.897 bits per heavy atom. The average Bonchev–Trinajstić information content (AvgIpc) is 2.73. The molecule has 0 aliphatic carbocycles. The quantitative estimate of drug-likeness (QED) is 0.363. The van der Waals surface area contributed by atoms with E-state index in [1.807, 2.05) is 0 Å². The molecule has 0 unspecified atom stereocenters. The van der Waals surface area contributed by atoms with Crippen LogP contribution in [0.25, 0.3) is 0 Å². The zero-order valence-electron chi connectivity index (χ0n) is 17.6. The Morgan fingerprint density at radius 1 is 0.517 bits per heavy atom. The lowest BCUT2D eigenvalue weighted by atomic mass is 10.2. The van der Waals surface area contributed by atoms with Crippen LogP contribution >= 0.6 is 0 Å². The maximum absolute atomic E-state index is 2.55. The van der Waals surface area contributed by atoms with Crippen molar-refractivity contribution in [3.05, 3.63) is 108 Å². The molecule has 0 saturated heterocycles. The van der Waals surface area contributed by atoms with E-state index in [1.54, 1.807) is 0 Å². The molecule has 3 heteroatoms. The molecule has 2 heterocycles. The Hall–Kier alpha value is -3.04. The fraction of sp³-hybridized carbons (Fsp3) is 0.154. The summed E-state index contributed by atoms with van der Waals surface area (Å²) in [6, 6.07) is 31.1. The maximum atomic E-state index is 2.34. The van der Waals surface area contributed by atoms with Crippen LogP contribution in [-0.2, 0) is 14.1 Å². The van der Waals surface area contributed by atoms with Gasteiger partial charge in [-0.05, 0) is 24.2 Å². The lowest BCUT2D eigenvalue weighted by molar-refractivity contribution is -0.659. The number of aryl methyl sites for hydroxylation is 4. The minimum atomic E-state index is -2.55. The van der Waals surface area contributed by atoms with Crippen molar-refractivity contribution in [3.8, 4) is 0 Å². The summed E-state index contributed by atoms with van der Waals surface area (Å²) in [5, 5.41) is 5.64. The fourth-order valence-electron chi connectivity index (χ4n) is 4.64. The standard InChI is InChI=1S/C26H28N2Si/c1-21-13-5-7-15-23(21)29(24-16-8-6-14-22(24)2,25-17-9-11-19-27(25)3)26-18-10-12-20-28(26)4/h5-20H,1-4H3/q+2. The van der Waals surface area contributed by atoms with Crippen molar-refractivity contribution >= 4 is 29.1 Å². The molecule has 2 aromatic heterocycles. The van der Waals surface area contributed by atoms with Crippen LogP contribution in [0.1, 0.15) is 11.1 Å². The molecule has 2 aromatic carbocycles. The van der Waals surface area contributed by atoms with Crippen LogP contribution in [0.5, 0.6) is 0 Å². The molecule has 0 radical (unpaired) electrons. The number of aromatic nitrogens is 2. The van der Waals surface area contributed by atoms with Gasteiger partial charge in [0.05, 0.1) is 0 Å². The van der Waals surface area contributed by atoms with E-state index in [-0.39, 0.29) is 0 Å². The van der Waals surface area contributed by atoms with Crippen LogP contribution in [0.15, 0.2) is 97.3 Å². The van der Waals surface area contributed by atoms with Gasteiger partial charge in [-0.25, -0.2) is 9.13 Å². The number of benzene rings is 2. The Morgan fingerprint density at radius 3 is 1.28 bits per heavy atom. The first-order valence-corrected chi connectivity index (χ1v) is 12.1. The highest BCUT2D eigenvalue weighted by Crippen LogP contribution is 2.11. The van der Waals surface area contributed by atoms with Crippen LogP contribution in [0.2, 0.25) is 0 Å². The van der Waals surface area contributed by atoms with Crippen molar-refractivity contribution in [2.45, 2.75) is 13.8 Å². The SMILES string of the molecule is Cc1ccccc1[Si](c1ccccc1C)(c1cccc[n+]1C)c1cccc[n+]1C. The second-order valence-electron chi connectivity index (χ2n) is 7.77. The lowest BCUT2D eigenvalue weighted by Crippen LogP contribution is -2.85. The molecule has 0 aliphatic heterocycles. The Bertz CT molecular complexity index is 979. The van der Waals surface area contributed by atoms with Crippen LogP contribution < -0.4 is 30.1 Å². The van der Waals surface area contributed by atoms with Crippen molar-refractivity contribution < 1.29 is 9.13 Å². The summed E-state index contributed by atoms with van der Waals surface area (Å²) in [7, 11) is 1.80. The van der Waals surface area contributed by atoms with Gasteiger partial charge in [0.2, 0.25) is 0 Å². The molecular formula is C26H28N2Si+2. The number of nitrogens with zero attached hydrogens (tertiary/aromatic N) is 2. The van der Waals surface area contributed by atoms with E-state index < -0.39 is 8.07 Å². The minimum Gasteiger partial charge on any atom is -0.209 e. The summed E-state index contributed by atoms with van der Waals surface area (Å²) in [5.41, 5.74) is 2.69. The van der Waals surface area contributed by atoms with Crippen molar-refractivity contribution in [2.24, 2.45) is 14.1 Å². The first-order chi connectivity index (χ1) is 14.1. The molecule has 0 N–H and O–H groups in total. The Labute approximate surface area is 174 Å². The summed E-state index contributed by atoms with van der Waals surface area (Å²) >= 11 is 0. The molecule has 0 amide bonds. The minimum absolute atomic E-state index is 1.34. The van der Waals surface area contributed by atoms with Crippen LogP contribution in [0.4, 0.5) is 0 Å². The molecule has 144 valence electrons. The van der Waals surface area contributed by atoms with Gasteiger partial charge < -0.3 is 0 Å². The predicted octanol–water partition coefficient (Wildman–Crippen LogP) is 1.33. The van der Waals surface area contributed by atoms with Crippen LogP contribution in [0, 0.1) is 13.8 Å². The second-order valence-corrected chi connectivity index (χ2v) is 11.4. The maximum Gasteiger partial charge on any atom is 0.337 e. The smallest absolute Gasteiger partial charge is 0.209 e. The molecule has 0 spiro atoms. The molecule has 0 fully saturated rings. The third-order valence-corrected chi connectivity index (χ3v) is 11.3. The molecule has 2 nitrogen and oxygen atoms in total. The topological polar surface area (TPSA) is 7.76 Å². The van der Waals surface area contributed by atoms with Crippen molar-refractivity contribution in [3.63, 3.8) is 0 Å². The highest BCUT2D eigenvalue weighted by molar-refractivity contribution is 7.18. The second kappa shape index (κ2) is 7.76. The summed E-state index contributed by atoms with van der Waals surface area (Å²) in [4.78, 5) is 0. The van der Waals surface area contributed by atoms with Crippen molar-refractivity contribution in [2.75, 3.05) is 0 Å². The average molecular weight is 397 g/mol. The van der Waals surface area contributed by atoms with Crippen molar-refractivity contribution in [1.29, 1.82) is 0 Å². The molecular weight excluding hydrogens is 368 g/mol. The fourth-order valence-corrected chi connectivity index (χ4v) is 10.2. The molecule has 0 saturated carbocycles. The summed E-state index contributed by atoms with van der Waals surface area (Å²) in [6.45, 7) is 4.50. The number of hydrogen-bond donors (Lipinski definition) is 0. The van der Waals surface area contributed by atoms with Gasteiger partial charge in [-0.1, -0.05) is 71.8 Å². The van der Waals surface area contributed by atoms with E-state index in [0.29, 0.717) is 0 Å². The van der Waals surface area contributed by atoms with E-state index >= 15 is 0 Å². The van der Waals surface area contributed by atoms with Gasteiger partial charge in [-0.15, -0.1) is 0 Å². The van der Waals surface area contributed by atoms with Gasteiger partial charge >= 0.3 is 8.07 Å². The molecule has 0 aliphatic rings. The third-order valence-electron chi connectivity index (χ3n) is 5.98. The normalized spacial score (nSPS) is 11.4. The number of pyridine rings is 2. The van der Waals surface area contributed by atoms with Crippen molar-refractivity contribution in [1.82, 2.24) is 0 Å². The first-order valence-electron chi connectivity index (χ1n) is 10.1. The van der Waals surface area contributed by atoms with E-state index in [4.69, 9.17) is 0 Å². The number of rotatable bonds is 4. The van der Waals surface area contributed by atoms with Gasteiger partial charge in [-0.3, -0.25) is 0 Å². The van der Waals surface area contributed by atoms with E-state index in [1.165, 1.54) is 32.1 Å². The van der Waals surface area contributed by atoms with Gasteiger partial charge in [0.1, 0.15) is 14.1 Å². The van der Waals surface area contributed by atoms with Gasteiger partial charge in [0.15, 0.2) is 23.0 Å². The summed E-state index contributed by atoms with van der Waals surface area (Å²) in [5.74, 6) is 0. The zero-order chi connectivity index (χ0) is 20.4. The van der Waals surface area contributed by atoms with Crippen LogP contribution in [0.3, 0.4) is 0 Å². The van der Waals surface area contributed by atoms with E-state index in [2.05, 4.69) is 134 Å². The van der Waals surface area contributed by atoms with Gasteiger partial charge in [-0.2, -0.15) is 0 Å². The largest absolute Gasteiger partial charge is 0.337 e. The van der Waals surface area contributed by atoms with E-state index in [9.17, 15) is 0 Å². The first kappa shape index (κ1) is 19.3. The number of hydrogen-bond acceptors (Lipinski definition) is 0. The molecule has 4 aromatic rings. The summed E-state index contributed by atoms with van der Waals surface area (Å²) in [6.07, 6.45) is 4.35. The van der Waals surface area contributed by atoms with E-state index in [0.717, 1.165) is 0 Å². The third kappa shape index (κ3) is 3.12. The molecule has 4 rings (SSSR count). The molecule has 29 heavy (non-hydrogen) atoms. The van der Waals surface area contributed by atoms with Gasteiger partial charge in [0.25, 0.3) is 0 Å². The summed E-state index contributed by atoms with van der Waals surface area (Å²) < 4.78 is 4.64. The Kier molecular flexibility index (Phi) is 5.16. The monoisotopic (exact) mass is 396 g/mol. The molecule has 0 atom stereocenters. The lowest BCUT2D eigenvalue weighted by Gasteiger charge is -2.30. The highest BCUT2D eigenvalue weighted by Gasteiger charge is 2.55. The highest BCUT2D eigenvalue weighted by atomic mass is 28.3. The van der Waals surface area contributed by atoms with Crippen LogP contribution in [-0.4, -0.2) is 8.07 Å². The van der Waals surface area contributed by atoms with Gasteiger partial charge in [0, 0.05) is 24.3 Å².